The van der Waals surface area contributed by atoms with Gasteiger partial charge in [0.1, 0.15) is 0 Å². The van der Waals surface area contributed by atoms with Crippen molar-refractivity contribution in [2.45, 2.75) is 159 Å². The van der Waals surface area contributed by atoms with Gasteiger partial charge in [0.2, 0.25) is 0 Å². The molecular formula is C30H57ErO6. The van der Waals surface area contributed by atoms with Gasteiger partial charge >= 0.3 is 37.3 Å². The number of aliphatic carboxylic acids is 3. The summed E-state index contributed by atoms with van der Waals surface area (Å²) in [6.07, 6.45) is 15.1. The van der Waals surface area contributed by atoms with Crippen LogP contribution in [0.25, 0.3) is 0 Å². The summed E-state index contributed by atoms with van der Waals surface area (Å²) >= 11 is 0. The fourth-order valence-electron chi connectivity index (χ4n) is 3.38. The van der Waals surface area contributed by atoms with Crippen molar-refractivity contribution in [3.8, 4) is 0 Å². The van der Waals surface area contributed by atoms with Gasteiger partial charge in [0.25, 0.3) is 0 Å². The predicted molar refractivity (Wildman–Crippen MR) is 143 cm³/mol. The minimum Gasteiger partial charge on any atom is -0.550 e. The van der Waals surface area contributed by atoms with Crippen LogP contribution in [0, 0.1) is 53.6 Å². The normalized spacial score (nSPS) is 12.6. The fourth-order valence-corrected chi connectivity index (χ4v) is 3.38. The fraction of sp³-hybridized carbons (Fsp3) is 0.900. The first-order chi connectivity index (χ1) is 16.6. The van der Waals surface area contributed by atoms with Gasteiger partial charge < -0.3 is 29.7 Å². The Morgan fingerprint density at radius 1 is 0.486 bits per heavy atom. The van der Waals surface area contributed by atoms with E-state index < -0.39 is 34.2 Å². The Kier molecular flexibility index (Phi) is 29.1. The van der Waals surface area contributed by atoms with Crippen LogP contribution in [0.4, 0.5) is 0 Å². The van der Waals surface area contributed by atoms with Gasteiger partial charge in [-0.1, -0.05) is 133 Å². The van der Waals surface area contributed by atoms with Gasteiger partial charge in [0.05, 0.1) is 0 Å². The van der Waals surface area contributed by atoms with Crippen LogP contribution < -0.4 is 15.3 Å². The summed E-state index contributed by atoms with van der Waals surface area (Å²) in [6.45, 7) is 17.0. The molecule has 0 aliphatic heterocycles. The summed E-state index contributed by atoms with van der Waals surface area (Å²) < 4.78 is 0. The molecule has 225 valence electrons. The van der Waals surface area contributed by atoms with E-state index in [-0.39, 0.29) is 37.3 Å². The van der Waals surface area contributed by atoms with E-state index in [0.29, 0.717) is 6.42 Å². The van der Waals surface area contributed by atoms with Crippen LogP contribution in [0.2, 0.25) is 0 Å². The van der Waals surface area contributed by atoms with Gasteiger partial charge in [-0.2, -0.15) is 0 Å². The van der Waals surface area contributed by atoms with E-state index in [1.807, 2.05) is 6.92 Å². The first-order valence-corrected chi connectivity index (χ1v) is 14.2. The summed E-state index contributed by atoms with van der Waals surface area (Å²) in [5, 5.41) is 31.9. The Morgan fingerprint density at radius 3 is 1.03 bits per heavy atom. The second kappa shape index (κ2) is 24.7. The Bertz CT molecular complexity index is 555. The summed E-state index contributed by atoms with van der Waals surface area (Å²) in [5.74, 6) is -2.76. The molecule has 0 aromatic carbocycles. The third-order valence-electron chi connectivity index (χ3n) is 7.02. The van der Waals surface area contributed by atoms with Gasteiger partial charge in [-0.3, -0.25) is 0 Å². The van der Waals surface area contributed by atoms with Crippen LogP contribution in [0.3, 0.4) is 0 Å². The molecule has 1 unspecified atom stereocenters. The average molecular weight is 681 g/mol. The molecule has 0 aromatic rings. The van der Waals surface area contributed by atoms with Crippen LogP contribution in [0.15, 0.2) is 0 Å². The van der Waals surface area contributed by atoms with E-state index in [4.69, 9.17) is 0 Å². The molecular weight excluding hydrogens is 624 g/mol. The SMILES string of the molecule is CCCCCC(C)(CC)C(=O)[O-].CCCCCCC(C)(C)C(=O)[O-].CCCCCCC(C)(C)C(=O)[O-].[Er+3]. The maximum atomic E-state index is 10.7. The molecule has 0 N–H and O–H groups in total. The van der Waals surface area contributed by atoms with Crippen LogP contribution >= 0.6 is 0 Å². The molecule has 0 spiro atoms. The molecule has 6 nitrogen and oxygen atoms in total. The van der Waals surface area contributed by atoms with E-state index in [1.165, 1.54) is 25.7 Å². The van der Waals surface area contributed by atoms with Crippen molar-refractivity contribution in [1.82, 2.24) is 0 Å². The van der Waals surface area contributed by atoms with E-state index in [2.05, 4.69) is 20.8 Å². The van der Waals surface area contributed by atoms with Crippen LogP contribution in [-0.4, -0.2) is 17.9 Å². The quantitative estimate of drug-likeness (QED) is 0.184. The summed E-state index contributed by atoms with van der Waals surface area (Å²) in [7, 11) is 0. The van der Waals surface area contributed by atoms with Crippen LogP contribution in [0.5, 0.6) is 0 Å². The van der Waals surface area contributed by atoms with Crippen molar-refractivity contribution >= 4 is 17.9 Å². The Labute approximate surface area is 258 Å². The van der Waals surface area contributed by atoms with Gasteiger partial charge in [0.15, 0.2) is 0 Å². The average Bonchev–Trinajstić information content (AvgIpc) is 2.80. The number of carboxylic acids is 3. The molecule has 0 aliphatic rings. The monoisotopic (exact) mass is 679 g/mol. The van der Waals surface area contributed by atoms with E-state index in [1.54, 1.807) is 34.6 Å². The molecule has 0 saturated carbocycles. The Morgan fingerprint density at radius 2 is 0.784 bits per heavy atom. The molecule has 0 fully saturated rings. The number of hydrogen-bond donors (Lipinski definition) is 0. The summed E-state index contributed by atoms with van der Waals surface area (Å²) in [4.78, 5) is 31.9. The maximum absolute atomic E-state index is 10.7. The van der Waals surface area contributed by atoms with E-state index in [9.17, 15) is 29.7 Å². The topological polar surface area (TPSA) is 120 Å². The number of carbonyl (C=O) groups is 3. The molecule has 0 amide bonds. The van der Waals surface area contributed by atoms with Crippen molar-refractivity contribution in [1.29, 1.82) is 0 Å². The predicted octanol–water partition coefficient (Wildman–Crippen LogP) is 5.20. The van der Waals surface area contributed by atoms with Crippen LogP contribution in [0.1, 0.15) is 159 Å². The number of carbonyl (C=O) groups excluding carboxylic acids is 3. The standard InChI is InChI=1S/3C10H20O2.Er/c2*1-4-5-6-7-8-10(2,3)9(11)12;1-4-6-7-8-10(3,5-2)9(11)12;/h3*4-8H2,1-3H3,(H,11,12);/q;;;+3/p-3. The largest absolute Gasteiger partial charge is 3.00 e. The zero-order valence-electron chi connectivity index (χ0n) is 25.3. The molecule has 37 heavy (non-hydrogen) atoms. The zero-order chi connectivity index (χ0) is 28.8. The van der Waals surface area contributed by atoms with E-state index in [0.717, 1.165) is 64.2 Å². The molecule has 0 saturated heterocycles. The Hall–Kier alpha value is -0.343. The second-order valence-corrected chi connectivity index (χ2v) is 11.6. The first-order valence-electron chi connectivity index (χ1n) is 14.2. The van der Waals surface area contributed by atoms with Gasteiger partial charge in [-0.25, -0.2) is 0 Å². The zero-order valence-corrected chi connectivity index (χ0v) is 27.2. The van der Waals surface area contributed by atoms with Crippen molar-refractivity contribution in [2.75, 3.05) is 0 Å². The summed E-state index contributed by atoms with van der Waals surface area (Å²) in [5.41, 5.74) is -1.89. The molecule has 0 bridgehead atoms. The molecule has 1 radical (unpaired) electrons. The van der Waals surface area contributed by atoms with E-state index >= 15 is 0 Å². The smallest absolute Gasteiger partial charge is 0.550 e. The molecule has 1 atom stereocenters. The van der Waals surface area contributed by atoms with Crippen molar-refractivity contribution in [3.05, 3.63) is 0 Å². The third-order valence-corrected chi connectivity index (χ3v) is 7.02. The molecule has 0 heterocycles. The second-order valence-electron chi connectivity index (χ2n) is 11.6. The number of rotatable bonds is 18. The summed E-state index contributed by atoms with van der Waals surface area (Å²) in [6, 6.07) is 0. The molecule has 0 aliphatic carbocycles. The molecule has 0 aromatic heterocycles. The van der Waals surface area contributed by atoms with Crippen molar-refractivity contribution < 1.29 is 67.0 Å². The minimum atomic E-state index is -0.931. The third kappa shape index (κ3) is 24.4. The number of hydrogen-bond acceptors (Lipinski definition) is 6. The Balaban J connectivity index is -0.000000218. The molecule has 0 rings (SSSR count). The van der Waals surface area contributed by atoms with Crippen molar-refractivity contribution in [2.24, 2.45) is 16.2 Å². The number of unbranched alkanes of at least 4 members (excludes halogenated alkanes) is 8. The van der Waals surface area contributed by atoms with Gasteiger partial charge in [-0.05, 0) is 25.7 Å². The maximum Gasteiger partial charge on any atom is 3.00 e. The van der Waals surface area contributed by atoms with Crippen molar-refractivity contribution in [3.63, 3.8) is 0 Å². The molecule has 7 heteroatoms. The van der Waals surface area contributed by atoms with Gasteiger partial charge in [-0.15, -0.1) is 0 Å². The van der Waals surface area contributed by atoms with Crippen LogP contribution in [-0.2, 0) is 14.4 Å². The minimum absolute atomic E-state index is 0. The number of carboxylic acid groups (broad SMARTS) is 3. The van der Waals surface area contributed by atoms with Gasteiger partial charge in [0, 0.05) is 34.2 Å². The first kappa shape index (κ1) is 43.7.